The zero-order valence-corrected chi connectivity index (χ0v) is 17.2. The lowest BCUT2D eigenvalue weighted by molar-refractivity contribution is -0.122. The largest absolute Gasteiger partial charge is 0.493 e. The molecule has 1 unspecified atom stereocenters. The van der Waals surface area contributed by atoms with Crippen molar-refractivity contribution < 1.29 is 14.3 Å². The van der Waals surface area contributed by atoms with Crippen LogP contribution >= 0.6 is 0 Å². The number of nitrogens with one attached hydrogen (secondary N) is 1. The molecule has 4 rings (SSSR count). The van der Waals surface area contributed by atoms with Crippen LogP contribution in [0, 0.1) is 0 Å². The van der Waals surface area contributed by atoms with E-state index in [0.717, 1.165) is 12.8 Å². The van der Waals surface area contributed by atoms with Crippen molar-refractivity contribution in [3.63, 3.8) is 0 Å². The summed E-state index contributed by atoms with van der Waals surface area (Å²) in [5, 5.41) is 3.58. The van der Waals surface area contributed by atoms with Gasteiger partial charge in [-0.25, -0.2) is 4.98 Å². The molecule has 0 spiro atoms. The Balaban J connectivity index is 1.40. The van der Waals surface area contributed by atoms with E-state index in [-0.39, 0.29) is 17.5 Å². The Labute approximate surface area is 174 Å². The molecule has 1 atom stereocenters. The molecule has 2 aromatic carbocycles. The van der Waals surface area contributed by atoms with Gasteiger partial charge in [-0.1, -0.05) is 24.3 Å². The minimum Gasteiger partial charge on any atom is -0.493 e. The molecule has 30 heavy (non-hydrogen) atoms. The lowest BCUT2D eigenvalue weighted by atomic mass is 10.1. The molecule has 0 bridgehead atoms. The molecule has 7 nitrogen and oxygen atoms in total. The van der Waals surface area contributed by atoms with Crippen LogP contribution in [0.5, 0.6) is 11.5 Å². The van der Waals surface area contributed by atoms with Gasteiger partial charge in [0.25, 0.3) is 5.56 Å². The summed E-state index contributed by atoms with van der Waals surface area (Å²) < 4.78 is 12.1. The first-order chi connectivity index (χ1) is 14.6. The maximum atomic E-state index is 12.8. The van der Waals surface area contributed by atoms with Crippen LogP contribution in [0.3, 0.4) is 0 Å². The van der Waals surface area contributed by atoms with Gasteiger partial charge in [-0.2, -0.15) is 0 Å². The van der Waals surface area contributed by atoms with E-state index in [9.17, 15) is 9.59 Å². The van der Waals surface area contributed by atoms with Crippen LogP contribution in [-0.2, 0) is 17.8 Å². The molecule has 0 aliphatic heterocycles. The van der Waals surface area contributed by atoms with E-state index in [1.165, 1.54) is 29.1 Å². The van der Waals surface area contributed by atoms with Gasteiger partial charge in [0.15, 0.2) is 11.5 Å². The molecule has 1 amide bonds. The van der Waals surface area contributed by atoms with Gasteiger partial charge in [0.1, 0.15) is 0 Å². The van der Waals surface area contributed by atoms with Crippen LogP contribution in [0.4, 0.5) is 0 Å². The third-order valence-electron chi connectivity index (χ3n) is 5.60. The number of fused-ring (bicyclic) bond motifs is 2. The highest BCUT2D eigenvalue weighted by Gasteiger charge is 2.23. The van der Waals surface area contributed by atoms with Gasteiger partial charge in [-0.05, 0) is 36.5 Å². The number of hydrogen-bond acceptors (Lipinski definition) is 5. The first kappa shape index (κ1) is 19.9. The van der Waals surface area contributed by atoms with E-state index >= 15 is 0 Å². The highest BCUT2D eigenvalue weighted by atomic mass is 16.5. The zero-order valence-electron chi connectivity index (χ0n) is 17.2. The standard InChI is InChI=1S/C23H25N3O4/c1-29-20-12-17-19(13-21(20)30-2)24-14-26(23(17)28)11-5-8-22(27)25-18-10-9-15-6-3-4-7-16(15)18/h3-4,6-7,12-14,18H,5,8-11H2,1-2H3,(H,25,27). The van der Waals surface area contributed by atoms with Crippen molar-refractivity contribution in [3.8, 4) is 11.5 Å². The summed E-state index contributed by atoms with van der Waals surface area (Å²) >= 11 is 0. The minimum atomic E-state index is -0.161. The van der Waals surface area contributed by atoms with E-state index in [1.54, 1.807) is 19.2 Å². The van der Waals surface area contributed by atoms with Crippen LogP contribution in [0.2, 0.25) is 0 Å². The van der Waals surface area contributed by atoms with Gasteiger partial charge in [-0.3, -0.25) is 14.2 Å². The average Bonchev–Trinajstić information content (AvgIpc) is 3.17. The molecule has 1 heterocycles. The smallest absolute Gasteiger partial charge is 0.261 e. The maximum Gasteiger partial charge on any atom is 0.261 e. The molecule has 3 aromatic rings. The molecule has 0 radical (unpaired) electrons. The summed E-state index contributed by atoms with van der Waals surface area (Å²) in [6.07, 6.45) is 4.36. The van der Waals surface area contributed by atoms with E-state index < -0.39 is 0 Å². The molecule has 7 heteroatoms. The Morgan fingerprint density at radius 2 is 1.97 bits per heavy atom. The van der Waals surface area contributed by atoms with Crippen LogP contribution in [0.25, 0.3) is 10.9 Å². The van der Waals surface area contributed by atoms with Crippen molar-refractivity contribution in [3.05, 3.63) is 64.2 Å². The molecular weight excluding hydrogens is 382 g/mol. The van der Waals surface area contributed by atoms with E-state index in [4.69, 9.17) is 9.47 Å². The monoisotopic (exact) mass is 407 g/mol. The van der Waals surface area contributed by atoms with Crippen molar-refractivity contribution in [2.75, 3.05) is 14.2 Å². The number of nitrogens with zero attached hydrogens (tertiary/aromatic N) is 2. The van der Waals surface area contributed by atoms with Gasteiger partial charge in [0.2, 0.25) is 5.91 Å². The summed E-state index contributed by atoms with van der Waals surface area (Å²) in [6.45, 7) is 0.421. The van der Waals surface area contributed by atoms with Gasteiger partial charge in [0, 0.05) is 19.0 Å². The Bertz CT molecular complexity index is 1140. The zero-order chi connectivity index (χ0) is 21.1. The maximum absolute atomic E-state index is 12.8. The summed E-state index contributed by atoms with van der Waals surface area (Å²) in [5.41, 5.74) is 2.91. The highest BCUT2D eigenvalue weighted by Crippen LogP contribution is 2.31. The normalized spacial score (nSPS) is 15.1. The molecule has 1 aliphatic rings. The highest BCUT2D eigenvalue weighted by molar-refractivity contribution is 5.81. The van der Waals surface area contributed by atoms with Gasteiger partial charge in [-0.15, -0.1) is 0 Å². The second-order valence-corrected chi connectivity index (χ2v) is 7.43. The number of amides is 1. The van der Waals surface area contributed by atoms with E-state index in [2.05, 4.69) is 22.4 Å². The number of benzene rings is 2. The van der Waals surface area contributed by atoms with Crippen molar-refractivity contribution in [2.45, 2.75) is 38.3 Å². The predicted molar refractivity (Wildman–Crippen MR) is 114 cm³/mol. The molecule has 1 N–H and O–H groups in total. The van der Waals surface area contributed by atoms with Crippen LogP contribution < -0.4 is 20.3 Å². The van der Waals surface area contributed by atoms with Crippen molar-refractivity contribution >= 4 is 16.8 Å². The number of carbonyl (C=O) groups is 1. The Kier molecular flexibility index (Phi) is 5.70. The molecule has 0 saturated carbocycles. The Morgan fingerprint density at radius 1 is 1.20 bits per heavy atom. The topological polar surface area (TPSA) is 82.5 Å². The molecular formula is C23H25N3O4. The lowest BCUT2D eigenvalue weighted by Gasteiger charge is -2.14. The molecule has 1 aromatic heterocycles. The fourth-order valence-electron chi connectivity index (χ4n) is 4.03. The van der Waals surface area contributed by atoms with Crippen molar-refractivity contribution in [1.29, 1.82) is 0 Å². The summed E-state index contributed by atoms with van der Waals surface area (Å²) in [5.74, 6) is 1.02. The van der Waals surface area contributed by atoms with E-state index in [1.807, 2.05) is 12.1 Å². The molecule has 1 aliphatic carbocycles. The fraction of sp³-hybridized carbons (Fsp3) is 0.348. The first-order valence-electron chi connectivity index (χ1n) is 10.1. The number of rotatable bonds is 7. The molecule has 0 saturated heterocycles. The van der Waals surface area contributed by atoms with Crippen molar-refractivity contribution in [1.82, 2.24) is 14.9 Å². The van der Waals surface area contributed by atoms with Crippen LogP contribution in [0.15, 0.2) is 47.5 Å². The van der Waals surface area contributed by atoms with Crippen LogP contribution in [-0.4, -0.2) is 29.7 Å². The summed E-state index contributed by atoms with van der Waals surface area (Å²) in [4.78, 5) is 29.6. The minimum absolute atomic E-state index is 0.00454. The van der Waals surface area contributed by atoms with Crippen LogP contribution in [0.1, 0.15) is 36.4 Å². The average molecular weight is 407 g/mol. The van der Waals surface area contributed by atoms with Gasteiger partial charge < -0.3 is 14.8 Å². The lowest BCUT2D eigenvalue weighted by Crippen LogP contribution is -2.27. The second-order valence-electron chi connectivity index (χ2n) is 7.43. The Morgan fingerprint density at radius 3 is 2.77 bits per heavy atom. The SMILES string of the molecule is COc1cc2ncn(CCCC(=O)NC3CCc4ccccc43)c(=O)c2cc1OC. The number of aromatic nitrogens is 2. The third kappa shape index (κ3) is 3.87. The summed E-state index contributed by atoms with van der Waals surface area (Å²) in [7, 11) is 3.07. The number of ether oxygens (including phenoxy) is 2. The predicted octanol–water partition coefficient (Wildman–Crippen LogP) is 3.00. The number of aryl methyl sites for hydroxylation is 2. The second kappa shape index (κ2) is 8.57. The van der Waals surface area contributed by atoms with Crippen molar-refractivity contribution in [2.24, 2.45) is 0 Å². The number of carbonyl (C=O) groups excluding carboxylic acids is 1. The molecule has 156 valence electrons. The third-order valence-corrected chi connectivity index (χ3v) is 5.60. The van der Waals surface area contributed by atoms with Gasteiger partial charge >= 0.3 is 0 Å². The summed E-state index contributed by atoms with van der Waals surface area (Å²) in [6, 6.07) is 11.7. The first-order valence-corrected chi connectivity index (χ1v) is 10.1. The number of methoxy groups -OCH3 is 2. The fourth-order valence-corrected chi connectivity index (χ4v) is 4.03. The Hall–Kier alpha value is -3.35. The number of hydrogen-bond donors (Lipinski definition) is 1. The molecule has 0 fully saturated rings. The van der Waals surface area contributed by atoms with Gasteiger partial charge in [0.05, 0.1) is 37.5 Å². The van der Waals surface area contributed by atoms with E-state index in [0.29, 0.717) is 41.8 Å². The quantitative estimate of drug-likeness (QED) is 0.651.